The molecular weight excluding hydrogens is 384 g/mol. The molecule has 1 aliphatic heterocycles. The van der Waals surface area contributed by atoms with Crippen molar-refractivity contribution in [1.29, 1.82) is 0 Å². The molecule has 1 heterocycles. The molecule has 2 amide bonds. The molecule has 1 aliphatic carbocycles. The Hall–Kier alpha value is -1.82. The molecule has 5 nitrogen and oxygen atoms in total. The molecule has 0 spiro atoms. The van der Waals surface area contributed by atoms with Gasteiger partial charge in [-0.05, 0) is 50.3 Å². The van der Waals surface area contributed by atoms with E-state index in [1.165, 1.54) is 12.8 Å². The minimum atomic E-state index is -0.500. The summed E-state index contributed by atoms with van der Waals surface area (Å²) in [7, 11) is 0. The maximum Gasteiger partial charge on any atom is 0.338 e. The van der Waals surface area contributed by atoms with Crippen molar-refractivity contribution >= 4 is 27.9 Å². The molecule has 0 saturated heterocycles. The molecule has 25 heavy (non-hydrogen) atoms. The van der Waals surface area contributed by atoms with Gasteiger partial charge in [0.2, 0.25) is 0 Å². The molecule has 1 aromatic rings. The quantitative estimate of drug-likeness (QED) is 0.579. The Labute approximate surface area is 156 Å². The van der Waals surface area contributed by atoms with Crippen LogP contribution in [0.1, 0.15) is 57.1 Å². The molecule has 2 aliphatic rings. The normalized spacial score (nSPS) is 22.0. The summed E-state index contributed by atoms with van der Waals surface area (Å²) in [4.78, 5) is 24.8. The van der Waals surface area contributed by atoms with Crippen molar-refractivity contribution in [2.24, 2.45) is 0 Å². The highest BCUT2D eigenvalue weighted by molar-refractivity contribution is 9.10. The third-order valence-electron chi connectivity index (χ3n) is 4.77. The standard InChI is InChI=1S/C19H23BrN2O3/c1-12-16(18(23)25-15-6-4-2-3-5-7-15)17(22-19(24)21-12)13-8-10-14(20)11-9-13/h8-11,15,17H,2-7H2,1H3,(H2,21,22,24)/t17-/m0/s1. The van der Waals surface area contributed by atoms with Crippen LogP contribution in [-0.4, -0.2) is 18.1 Å². The van der Waals surface area contributed by atoms with Crippen molar-refractivity contribution in [3.8, 4) is 0 Å². The number of halogens is 1. The Morgan fingerprint density at radius 1 is 1.12 bits per heavy atom. The minimum absolute atomic E-state index is 0.0292. The molecule has 1 aromatic carbocycles. The van der Waals surface area contributed by atoms with Crippen LogP contribution >= 0.6 is 15.9 Å². The van der Waals surface area contributed by atoms with Gasteiger partial charge in [0, 0.05) is 10.2 Å². The fourth-order valence-electron chi connectivity index (χ4n) is 3.44. The predicted octanol–water partition coefficient (Wildman–Crippen LogP) is 4.34. The molecule has 1 atom stereocenters. The summed E-state index contributed by atoms with van der Waals surface area (Å²) in [6.45, 7) is 1.74. The van der Waals surface area contributed by atoms with Gasteiger partial charge in [0.05, 0.1) is 11.6 Å². The summed E-state index contributed by atoms with van der Waals surface area (Å²) in [6, 6.07) is 6.77. The largest absolute Gasteiger partial charge is 0.459 e. The fourth-order valence-corrected chi connectivity index (χ4v) is 3.71. The Morgan fingerprint density at radius 2 is 1.76 bits per heavy atom. The zero-order valence-corrected chi connectivity index (χ0v) is 15.9. The number of carbonyl (C=O) groups excluding carboxylic acids is 2. The molecular formula is C19H23BrN2O3. The first-order valence-corrected chi connectivity index (χ1v) is 9.58. The van der Waals surface area contributed by atoms with Gasteiger partial charge >= 0.3 is 12.0 Å². The number of nitrogens with one attached hydrogen (secondary N) is 2. The lowest BCUT2D eigenvalue weighted by Gasteiger charge is -2.29. The number of carbonyl (C=O) groups is 2. The van der Waals surface area contributed by atoms with Gasteiger partial charge in [0.1, 0.15) is 6.10 Å². The van der Waals surface area contributed by atoms with Crippen LogP contribution in [0.4, 0.5) is 4.79 Å². The number of ether oxygens (including phenoxy) is 1. The van der Waals surface area contributed by atoms with Gasteiger partial charge < -0.3 is 15.4 Å². The van der Waals surface area contributed by atoms with Crippen molar-refractivity contribution in [3.05, 3.63) is 45.6 Å². The Balaban J connectivity index is 1.83. The second kappa shape index (κ2) is 8.04. The molecule has 1 saturated carbocycles. The second-order valence-corrected chi connectivity index (χ2v) is 7.56. The molecule has 0 aromatic heterocycles. The molecule has 1 fully saturated rings. The summed E-state index contributed by atoms with van der Waals surface area (Å²) in [5.74, 6) is -0.343. The Bertz CT molecular complexity index is 676. The van der Waals surface area contributed by atoms with E-state index in [0.717, 1.165) is 35.7 Å². The molecule has 6 heteroatoms. The summed E-state index contributed by atoms with van der Waals surface area (Å²) >= 11 is 3.41. The average molecular weight is 407 g/mol. The van der Waals surface area contributed by atoms with Crippen molar-refractivity contribution < 1.29 is 14.3 Å². The van der Waals surface area contributed by atoms with Crippen molar-refractivity contribution in [3.63, 3.8) is 0 Å². The number of urea groups is 1. The summed E-state index contributed by atoms with van der Waals surface area (Å²) < 4.78 is 6.74. The maximum absolute atomic E-state index is 12.9. The van der Waals surface area contributed by atoms with Gasteiger partial charge in [0.15, 0.2) is 0 Å². The lowest BCUT2D eigenvalue weighted by atomic mass is 9.95. The molecule has 0 unspecified atom stereocenters. The Kier molecular flexibility index (Phi) is 5.78. The lowest BCUT2D eigenvalue weighted by Crippen LogP contribution is -2.45. The number of benzene rings is 1. The van der Waals surface area contributed by atoms with E-state index < -0.39 is 6.04 Å². The third-order valence-corrected chi connectivity index (χ3v) is 5.30. The van der Waals surface area contributed by atoms with Crippen molar-refractivity contribution in [2.75, 3.05) is 0 Å². The second-order valence-electron chi connectivity index (χ2n) is 6.64. The zero-order valence-electron chi connectivity index (χ0n) is 14.3. The number of hydrogen-bond acceptors (Lipinski definition) is 3. The van der Waals surface area contributed by atoms with Crippen LogP contribution < -0.4 is 10.6 Å². The van der Waals surface area contributed by atoms with Gasteiger partial charge in [0.25, 0.3) is 0 Å². The van der Waals surface area contributed by atoms with E-state index in [0.29, 0.717) is 11.3 Å². The van der Waals surface area contributed by atoms with E-state index in [-0.39, 0.29) is 18.1 Å². The van der Waals surface area contributed by atoms with Crippen molar-refractivity contribution in [2.45, 2.75) is 57.6 Å². The summed E-state index contributed by atoms with van der Waals surface area (Å²) in [6.07, 6.45) is 6.41. The van der Waals surface area contributed by atoms with Crippen LogP contribution in [0.5, 0.6) is 0 Å². The number of hydrogen-bond donors (Lipinski definition) is 2. The fraction of sp³-hybridized carbons (Fsp3) is 0.474. The van der Waals surface area contributed by atoms with Crippen LogP contribution in [0.3, 0.4) is 0 Å². The lowest BCUT2D eigenvalue weighted by molar-refractivity contribution is -0.145. The maximum atomic E-state index is 12.9. The van der Waals surface area contributed by atoms with E-state index in [9.17, 15) is 9.59 Å². The highest BCUT2D eigenvalue weighted by atomic mass is 79.9. The smallest absolute Gasteiger partial charge is 0.338 e. The SMILES string of the molecule is CC1=C(C(=O)OC2CCCCCC2)[C@H](c2ccc(Br)cc2)NC(=O)N1. The molecule has 0 radical (unpaired) electrons. The Morgan fingerprint density at radius 3 is 2.40 bits per heavy atom. The highest BCUT2D eigenvalue weighted by Gasteiger charge is 2.33. The topological polar surface area (TPSA) is 67.4 Å². The number of esters is 1. The number of allylic oxidation sites excluding steroid dienone is 1. The first kappa shape index (κ1) is 18.0. The van der Waals surface area contributed by atoms with Crippen LogP contribution in [0.15, 0.2) is 40.0 Å². The highest BCUT2D eigenvalue weighted by Crippen LogP contribution is 2.30. The van der Waals surface area contributed by atoms with E-state index in [1.807, 2.05) is 24.3 Å². The van der Waals surface area contributed by atoms with E-state index >= 15 is 0 Å². The molecule has 2 N–H and O–H groups in total. The van der Waals surface area contributed by atoms with E-state index in [1.54, 1.807) is 6.92 Å². The van der Waals surface area contributed by atoms with Crippen molar-refractivity contribution in [1.82, 2.24) is 10.6 Å². The molecule has 134 valence electrons. The molecule has 0 bridgehead atoms. The first-order chi connectivity index (χ1) is 12.0. The van der Waals surface area contributed by atoms with Gasteiger partial charge in [-0.3, -0.25) is 0 Å². The van der Waals surface area contributed by atoms with Crippen LogP contribution in [-0.2, 0) is 9.53 Å². The number of rotatable bonds is 3. The summed E-state index contributed by atoms with van der Waals surface area (Å²) in [5.41, 5.74) is 1.88. The zero-order chi connectivity index (χ0) is 17.8. The monoisotopic (exact) mass is 406 g/mol. The van der Waals surface area contributed by atoms with Crippen LogP contribution in [0.2, 0.25) is 0 Å². The van der Waals surface area contributed by atoms with E-state index in [2.05, 4.69) is 26.6 Å². The first-order valence-electron chi connectivity index (χ1n) is 8.79. The van der Waals surface area contributed by atoms with Gasteiger partial charge in [-0.2, -0.15) is 0 Å². The predicted molar refractivity (Wildman–Crippen MR) is 98.8 cm³/mol. The van der Waals surface area contributed by atoms with Crippen LogP contribution in [0, 0.1) is 0 Å². The van der Waals surface area contributed by atoms with Gasteiger partial charge in [-0.15, -0.1) is 0 Å². The average Bonchev–Trinajstić information content (AvgIpc) is 2.83. The van der Waals surface area contributed by atoms with Gasteiger partial charge in [-0.25, -0.2) is 9.59 Å². The van der Waals surface area contributed by atoms with E-state index in [4.69, 9.17) is 4.74 Å². The third kappa shape index (κ3) is 4.42. The molecule has 3 rings (SSSR count). The number of amides is 2. The van der Waals surface area contributed by atoms with Gasteiger partial charge in [-0.1, -0.05) is 40.9 Å². The summed E-state index contributed by atoms with van der Waals surface area (Å²) in [5, 5.41) is 5.53. The minimum Gasteiger partial charge on any atom is -0.459 e. The van der Waals surface area contributed by atoms with Crippen LogP contribution in [0.25, 0.3) is 0 Å².